The molecule has 0 aliphatic carbocycles. The fourth-order valence-corrected chi connectivity index (χ4v) is 3.70. The third-order valence-corrected chi connectivity index (χ3v) is 4.82. The molecule has 2 heterocycles. The molecule has 2 aromatic carbocycles. The quantitative estimate of drug-likeness (QED) is 0.675. The van der Waals surface area contributed by atoms with E-state index in [2.05, 4.69) is 23.8 Å². The van der Waals surface area contributed by atoms with E-state index in [9.17, 15) is 9.59 Å². The number of rotatable bonds is 4. The molecule has 1 aliphatic rings. The van der Waals surface area contributed by atoms with Crippen molar-refractivity contribution in [3.63, 3.8) is 0 Å². The number of anilines is 1. The van der Waals surface area contributed by atoms with E-state index in [1.807, 2.05) is 36.4 Å². The number of hydrogen-bond donors (Lipinski definition) is 0. The Morgan fingerprint density at radius 2 is 1.72 bits per heavy atom. The van der Waals surface area contributed by atoms with Crippen LogP contribution in [0.15, 0.2) is 60.8 Å². The van der Waals surface area contributed by atoms with Gasteiger partial charge in [0.2, 0.25) is 11.8 Å². The molecule has 1 aliphatic heterocycles. The minimum Gasteiger partial charge on any atom is -0.347 e. The number of aromatic nitrogens is 1. The Balaban J connectivity index is 1.77. The van der Waals surface area contributed by atoms with Gasteiger partial charge >= 0.3 is 0 Å². The van der Waals surface area contributed by atoms with Crippen molar-refractivity contribution in [2.75, 3.05) is 4.90 Å². The van der Waals surface area contributed by atoms with Gasteiger partial charge in [0.05, 0.1) is 11.6 Å². The molecule has 4 heteroatoms. The minimum absolute atomic E-state index is 0.129. The van der Waals surface area contributed by atoms with Gasteiger partial charge in [-0.15, -0.1) is 0 Å². The highest BCUT2D eigenvalue weighted by Gasteiger charge is 2.41. The summed E-state index contributed by atoms with van der Waals surface area (Å²) in [6.45, 7) is 3.04. The lowest BCUT2D eigenvalue weighted by molar-refractivity contribution is -0.121. The van der Waals surface area contributed by atoms with Crippen LogP contribution in [-0.4, -0.2) is 16.4 Å². The summed E-state index contributed by atoms with van der Waals surface area (Å²) in [7, 11) is 0. The fraction of sp³-hybridized carbons (Fsp3) is 0.238. The smallest absolute Gasteiger partial charge is 0.241 e. The number of fused-ring (bicyclic) bond motifs is 1. The SMILES string of the molecule is CCCn1cc([C@H]2CC(=O)N(c3ccccc3)C2=O)c2ccccc21. The van der Waals surface area contributed by atoms with Gasteiger partial charge in [0.25, 0.3) is 0 Å². The maximum atomic E-state index is 13.0. The molecule has 3 aromatic rings. The number of nitrogens with zero attached hydrogens (tertiary/aromatic N) is 2. The Kier molecular flexibility index (Phi) is 3.88. The molecule has 4 nitrogen and oxygen atoms in total. The van der Waals surface area contributed by atoms with Crippen molar-refractivity contribution in [3.8, 4) is 0 Å². The highest BCUT2D eigenvalue weighted by Crippen LogP contribution is 2.37. The van der Waals surface area contributed by atoms with Crippen LogP contribution in [0, 0.1) is 0 Å². The Morgan fingerprint density at radius 1 is 1.00 bits per heavy atom. The zero-order valence-electron chi connectivity index (χ0n) is 14.2. The third-order valence-electron chi connectivity index (χ3n) is 4.82. The van der Waals surface area contributed by atoms with Gasteiger partial charge in [-0.25, -0.2) is 0 Å². The van der Waals surface area contributed by atoms with E-state index in [1.165, 1.54) is 4.90 Å². The van der Waals surface area contributed by atoms with Crippen LogP contribution < -0.4 is 4.90 Å². The van der Waals surface area contributed by atoms with Crippen molar-refractivity contribution >= 4 is 28.4 Å². The largest absolute Gasteiger partial charge is 0.347 e. The van der Waals surface area contributed by atoms with E-state index >= 15 is 0 Å². The van der Waals surface area contributed by atoms with E-state index in [0.29, 0.717) is 5.69 Å². The van der Waals surface area contributed by atoms with Crippen LogP contribution in [0.5, 0.6) is 0 Å². The minimum atomic E-state index is -0.407. The molecule has 0 spiro atoms. The number of imide groups is 1. The van der Waals surface area contributed by atoms with E-state index < -0.39 is 5.92 Å². The second-order valence-electron chi connectivity index (χ2n) is 6.45. The normalized spacial score (nSPS) is 17.6. The number of amides is 2. The van der Waals surface area contributed by atoms with Gasteiger partial charge in [-0.3, -0.25) is 14.5 Å². The molecule has 0 unspecified atom stereocenters. The zero-order valence-corrected chi connectivity index (χ0v) is 14.2. The third kappa shape index (κ3) is 2.54. The molecule has 1 saturated heterocycles. The van der Waals surface area contributed by atoms with Crippen molar-refractivity contribution in [3.05, 3.63) is 66.4 Å². The second-order valence-corrected chi connectivity index (χ2v) is 6.45. The summed E-state index contributed by atoms with van der Waals surface area (Å²) < 4.78 is 2.19. The highest BCUT2D eigenvalue weighted by atomic mass is 16.2. The first kappa shape index (κ1) is 15.6. The van der Waals surface area contributed by atoms with Crippen LogP contribution in [0.25, 0.3) is 10.9 Å². The molecule has 0 bridgehead atoms. The maximum absolute atomic E-state index is 13.0. The van der Waals surface area contributed by atoms with Crippen molar-refractivity contribution in [2.45, 2.75) is 32.2 Å². The van der Waals surface area contributed by atoms with E-state index in [4.69, 9.17) is 0 Å². The number of benzene rings is 2. The average molecular weight is 332 g/mol. The van der Waals surface area contributed by atoms with Crippen LogP contribution in [-0.2, 0) is 16.1 Å². The van der Waals surface area contributed by atoms with Crippen molar-refractivity contribution in [1.82, 2.24) is 4.57 Å². The van der Waals surface area contributed by atoms with Gasteiger partial charge in [0.15, 0.2) is 0 Å². The summed E-state index contributed by atoms with van der Waals surface area (Å²) >= 11 is 0. The van der Waals surface area contributed by atoms with Crippen molar-refractivity contribution in [2.24, 2.45) is 0 Å². The standard InChI is InChI=1S/C21H20N2O2/c1-2-12-22-14-18(16-10-6-7-11-19(16)22)17-13-20(24)23(21(17)25)15-8-4-3-5-9-15/h3-11,14,17H,2,12-13H2,1H3/t17-/m1/s1. The van der Waals surface area contributed by atoms with Gasteiger partial charge < -0.3 is 4.57 Å². The van der Waals surface area contributed by atoms with E-state index in [0.717, 1.165) is 29.4 Å². The Bertz CT molecular complexity index is 943. The van der Waals surface area contributed by atoms with Crippen LogP contribution in [0.3, 0.4) is 0 Å². The highest BCUT2D eigenvalue weighted by molar-refractivity contribution is 6.23. The van der Waals surface area contributed by atoms with Gasteiger partial charge in [0, 0.05) is 30.1 Å². The Labute approximate surface area is 146 Å². The van der Waals surface area contributed by atoms with Gasteiger partial charge in [-0.05, 0) is 30.2 Å². The number of carbonyl (C=O) groups excluding carboxylic acids is 2. The zero-order chi connectivity index (χ0) is 17.4. The van der Waals surface area contributed by atoms with E-state index in [-0.39, 0.29) is 18.2 Å². The van der Waals surface area contributed by atoms with Gasteiger partial charge in [0.1, 0.15) is 0 Å². The summed E-state index contributed by atoms with van der Waals surface area (Å²) in [5.41, 5.74) is 2.73. The Hall–Kier alpha value is -2.88. The molecule has 1 fully saturated rings. The predicted molar refractivity (Wildman–Crippen MR) is 98.5 cm³/mol. The summed E-state index contributed by atoms with van der Waals surface area (Å²) in [6.07, 6.45) is 3.30. The van der Waals surface area contributed by atoms with Gasteiger partial charge in [-0.1, -0.05) is 43.3 Å². The topological polar surface area (TPSA) is 42.3 Å². The predicted octanol–water partition coefficient (Wildman–Crippen LogP) is 4.10. The first-order valence-corrected chi connectivity index (χ1v) is 8.70. The molecule has 126 valence electrons. The monoisotopic (exact) mass is 332 g/mol. The number of para-hydroxylation sites is 2. The number of carbonyl (C=O) groups is 2. The summed E-state index contributed by atoms with van der Waals surface area (Å²) in [5, 5.41) is 1.07. The van der Waals surface area contributed by atoms with Crippen LogP contribution in [0.4, 0.5) is 5.69 Å². The average Bonchev–Trinajstić information content (AvgIpc) is 3.14. The molecule has 25 heavy (non-hydrogen) atoms. The molecular formula is C21H20N2O2. The van der Waals surface area contributed by atoms with Crippen LogP contribution in [0.2, 0.25) is 0 Å². The maximum Gasteiger partial charge on any atom is 0.241 e. The lowest BCUT2D eigenvalue weighted by Crippen LogP contribution is -2.29. The molecule has 4 rings (SSSR count). The first-order chi connectivity index (χ1) is 12.2. The Morgan fingerprint density at radius 3 is 2.48 bits per heavy atom. The number of hydrogen-bond acceptors (Lipinski definition) is 2. The summed E-state index contributed by atoms with van der Waals surface area (Å²) in [6, 6.07) is 17.3. The lowest BCUT2D eigenvalue weighted by atomic mass is 9.97. The van der Waals surface area contributed by atoms with Crippen molar-refractivity contribution < 1.29 is 9.59 Å². The fourth-order valence-electron chi connectivity index (χ4n) is 3.70. The first-order valence-electron chi connectivity index (χ1n) is 8.70. The molecular weight excluding hydrogens is 312 g/mol. The van der Waals surface area contributed by atoms with E-state index in [1.54, 1.807) is 12.1 Å². The van der Waals surface area contributed by atoms with Crippen LogP contribution >= 0.6 is 0 Å². The van der Waals surface area contributed by atoms with Crippen LogP contribution in [0.1, 0.15) is 31.2 Å². The number of aryl methyl sites for hydroxylation is 1. The summed E-state index contributed by atoms with van der Waals surface area (Å²) in [5.74, 6) is -0.667. The lowest BCUT2D eigenvalue weighted by Gasteiger charge is -2.14. The second kappa shape index (κ2) is 6.20. The van der Waals surface area contributed by atoms with Crippen molar-refractivity contribution in [1.29, 1.82) is 0 Å². The van der Waals surface area contributed by atoms with Gasteiger partial charge in [-0.2, -0.15) is 0 Å². The molecule has 2 amide bonds. The summed E-state index contributed by atoms with van der Waals surface area (Å²) in [4.78, 5) is 26.9. The molecule has 1 aromatic heterocycles. The molecule has 0 N–H and O–H groups in total. The molecule has 0 saturated carbocycles. The molecule has 0 radical (unpaired) electrons. The molecule has 1 atom stereocenters.